The van der Waals surface area contributed by atoms with Crippen molar-refractivity contribution in [1.29, 1.82) is 0 Å². The van der Waals surface area contributed by atoms with Crippen LogP contribution < -0.4 is 10.9 Å². The molecule has 1 heterocycles. The van der Waals surface area contributed by atoms with E-state index in [2.05, 4.69) is 42.9 Å². The smallest absolute Gasteiger partial charge is 0.262 e. The molecule has 0 saturated heterocycles. The summed E-state index contributed by atoms with van der Waals surface area (Å²) in [7, 11) is 0. The zero-order valence-electron chi connectivity index (χ0n) is 17.7. The van der Waals surface area contributed by atoms with Gasteiger partial charge in [0.25, 0.3) is 5.56 Å². The monoisotopic (exact) mass is 404 g/mol. The number of fused-ring (bicyclic) bond motifs is 1. The van der Waals surface area contributed by atoms with E-state index in [1.165, 1.54) is 11.8 Å². The van der Waals surface area contributed by atoms with E-state index < -0.39 is 0 Å². The minimum absolute atomic E-state index is 0.0511. The van der Waals surface area contributed by atoms with Crippen LogP contribution >= 0.6 is 11.8 Å². The highest BCUT2D eigenvalue weighted by Gasteiger charge is 2.17. The van der Waals surface area contributed by atoms with E-state index in [1.54, 1.807) is 4.57 Å². The van der Waals surface area contributed by atoms with E-state index in [0.29, 0.717) is 34.7 Å². The maximum atomic E-state index is 13.1. The molecule has 0 bridgehead atoms. The Hall–Kier alpha value is -1.86. The summed E-state index contributed by atoms with van der Waals surface area (Å²) in [6.07, 6.45) is 0. The molecule has 0 aliphatic heterocycles. The first-order valence-corrected chi connectivity index (χ1v) is 10.9. The van der Waals surface area contributed by atoms with Gasteiger partial charge < -0.3 is 5.32 Å². The summed E-state index contributed by atoms with van der Waals surface area (Å²) in [5, 5.41) is 4.08. The molecule has 2 rings (SSSR count). The molecule has 0 radical (unpaired) electrons. The molecule has 0 spiro atoms. The number of carbonyl (C=O) groups is 1. The zero-order valence-corrected chi connectivity index (χ0v) is 18.5. The Morgan fingerprint density at radius 3 is 2.39 bits per heavy atom. The molecule has 28 heavy (non-hydrogen) atoms. The molecule has 0 aliphatic carbocycles. The minimum Gasteiger partial charge on any atom is -0.353 e. The van der Waals surface area contributed by atoms with Gasteiger partial charge in [-0.3, -0.25) is 19.1 Å². The van der Waals surface area contributed by atoms with Gasteiger partial charge in [0.15, 0.2) is 5.16 Å². The first kappa shape index (κ1) is 22.4. The normalized spacial score (nSPS) is 11.9. The van der Waals surface area contributed by atoms with E-state index in [9.17, 15) is 9.59 Å². The number of nitrogens with zero attached hydrogens (tertiary/aromatic N) is 3. The van der Waals surface area contributed by atoms with Crippen LogP contribution in [0.3, 0.4) is 0 Å². The van der Waals surface area contributed by atoms with Crippen LogP contribution in [0.5, 0.6) is 0 Å². The number of hydrogen-bond acceptors (Lipinski definition) is 5. The topological polar surface area (TPSA) is 67.2 Å². The lowest BCUT2D eigenvalue weighted by Gasteiger charge is -2.30. The van der Waals surface area contributed by atoms with E-state index in [1.807, 2.05) is 38.1 Å². The Balaban J connectivity index is 2.33. The van der Waals surface area contributed by atoms with E-state index in [-0.39, 0.29) is 23.3 Å². The first-order valence-electron chi connectivity index (χ1n) is 9.88. The highest BCUT2D eigenvalue weighted by molar-refractivity contribution is 7.99. The van der Waals surface area contributed by atoms with Gasteiger partial charge >= 0.3 is 0 Å². The van der Waals surface area contributed by atoms with Crippen LogP contribution in [0.2, 0.25) is 0 Å². The number of amides is 1. The molecule has 2 aromatic rings. The van der Waals surface area contributed by atoms with Crippen molar-refractivity contribution in [1.82, 2.24) is 19.8 Å². The fraction of sp³-hybridized carbons (Fsp3) is 0.571. The Morgan fingerprint density at radius 2 is 1.79 bits per heavy atom. The van der Waals surface area contributed by atoms with Gasteiger partial charge in [-0.2, -0.15) is 0 Å². The van der Waals surface area contributed by atoms with Crippen LogP contribution in [0.1, 0.15) is 41.5 Å². The van der Waals surface area contributed by atoms with Gasteiger partial charge in [0.2, 0.25) is 5.91 Å². The summed E-state index contributed by atoms with van der Waals surface area (Å²) < 4.78 is 1.72. The third kappa shape index (κ3) is 5.82. The molecule has 7 heteroatoms. The van der Waals surface area contributed by atoms with Crippen molar-refractivity contribution in [2.75, 3.05) is 12.3 Å². The van der Waals surface area contributed by atoms with Crippen molar-refractivity contribution in [2.45, 2.75) is 71.4 Å². The van der Waals surface area contributed by atoms with Crippen molar-refractivity contribution in [3.8, 4) is 0 Å². The third-order valence-electron chi connectivity index (χ3n) is 4.52. The molecule has 6 nitrogen and oxygen atoms in total. The molecule has 0 aliphatic rings. The number of aromatic nitrogens is 2. The van der Waals surface area contributed by atoms with Gasteiger partial charge in [-0.15, -0.1) is 0 Å². The number of para-hydroxylation sites is 1. The second kappa shape index (κ2) is 10.1. The first-order chi connectivity index (χ1) is 13.2. The standard InChI is InChI=1S/C21H32N4O2S/c1-14(2)22-19(26)13-28-21-23-18-10-8-7-9-17(18)20(27)25(21)12-11-24(15(3)4)16(5)6/h7-10,14-16H,11-13H2,1-6H3,(H,22,26). The molecule has 1 aromatic carbocycles. The maximum Gasteiger partial charge on any atom is 0.262 e. The SMILES string of the molecule is CC(C)NC(=O)CSc1nc2ccccc2c(=O)n1CCN(C(C)C)C(C)C. The summed E-state index contributed by atoms with van der Waals surface area (Å²) >= 11 is 1.32. The quantitative estimate of drug-likeness (QED) is 0.514. The van der Waals surface area contributed by atoms with Crippen LogP contribution in [-0.2, 0) is 11.3 Å². The van der Waals surface area contributed by atoms with Crippen molar-refractivity contribution >= 4 is 28.6 Å². The fourth-order valence-electron chi connectivity index (χ4n) is 3.28. The molecule has 0 atom stereocenters. The van der Waals surface area contributed by atoms with Crippen molar-refractivity contribution in [3.63, 3.8) is 0 Å². The molecule has 1 aromatic heterocycles. The van der Waals surface area contributed by atoms with E-state index in [4.69, 9.17) is 0 Å². The van der Waals surface area contributed by atoms with Gasteiger partial charge in [0.1, 0.15) is 0 Å². The number of carbonyl (C=O) groups excluding carboxylic acids is 1. The second-order valence-corrected chi connectivity index (χ2v) is 8.75. The number of benzene rings is 1. The minimum atomic E-state index is -0.0556. The molecule has 0 unspecified atom stereocenters. The average molecular weight is 405 g/mol. The zero-order chi connectivity index (χ0) is 20.8. The number of hydrogen-bond donors (Lipinski definition) is 1. The predicted molar refractivity (Wildman–Crippen MR) is 117 cm³/mol. The van der Waals surface area contributed by atoms with Gasteiger partial charge in [-0.1, -0.05) is 23.9 Å². The van der Waals surface area contributed by atoms with Gasteiger partial charge in [0, 0.05) is 31.2 Å². The number of rotatable bonds is 9. The lowest BCUT2D eigenvalue weighted by molar-refractivity contribution is -0.119. The van der Waals surface area contributed by atoms with Crippen LogP contribution in [0.25, 0.3) is 10.9 Å². The van der Waals surface area contributed by atoms with Crippen LogP contribution in [0.4, 0.5) is 0 Å². The summed E-state index contributed by atoms with van der Waals surface area (Å²) in [5.74, 6) is 0.182. The third-order valence-corrected chi connectivity index (χ3v) is 5.49. The Labute approximate surface area is 171 Å². The van der Waals surface area contributed by atoms with E-state index in [0.717, 1.165) is 6.54 Å². The van der Waals surface area contributed by atoms with Gasteiger partial charge in [0.05, 0.1) is 16.7 Å². The van der Waals surface area contributed by atoms with Gasteiger partial charge in [-0.05, 0) is 53.7 Å². The predicted octanol–water partition coefficient (Wildman–Crippen LogP) is 3.13. The van der Waals surface area contributed by atoms with Crippen molar-refractivity contribution in [3.05, 3.63) is 34.6 Å². The highest BCUT2D eigenvalue weighted by Crippen LogP contribution is 2.18. The van der Waals surface area contributed by atoms with Crippen molar-refractivity contribution in [2.24, 2.45) is 0 Å². The lowest BCUT2D eigenvalue weighted by Crippen LogP contribution is -2.40. The second-order valence-electron chi connectivity index (χ2n) is 7.80. The molecular formula is C21H32N4O2S. The summed E-state index contributed by atoms with van der Waals surface area (Å²) in [6, 6.07) is 8.24. The van der Waals surface area contributed by atoms with Crippen molar-refractivity contribution < 1.29 is 4.79 Å². The molecule has 0 fully saturated rings. The number of nitrogens with one attached hydrogen (secondary N) is 1. The Morgan fingerprint density at radius 1 is 1.14 bits per heavy atom. The highest BCUT2D eigenvalue weighted by atomic mass is 32.2. The molecule has 1 amide bonds. The number of thioether (sulfide) groups is 1. The average Bonchev–Trinajstić information content (AvgIpc) is 2.61. The van der Waals surface area contributed by atoms with E-state index >= 15 is 0 Å². The summed E-state index contributed by atoms with van der Waals surface area (Å²) in [6.45, 7) is 13.8. The summed E-state index contributed by atoms with van der Waals surface area (Å²) in [4.78, 5) is 32.2. The van der Waals surface area contributed by atoms with Crippen LogP contribution in [0, 0.1) is 0 Å². The van der Waals surface area contributed by atoms with Gasteiger partial charge in [-0.25, -0.2) is 4.98 Å². The molecule has 0 saturated carbocycles. The molecule has 154 valence electrons. The van der Waals surface area contributed by atoms with Crippen LogP contribution in [0.15, 0.2) is 34.2 Å². The lowest BCUT2D eigenvalue weighted by atomic mass is 10.2. The Bertz CT molecular complexity index is 853. The maximum absolute atomic E-state index is 13.1. The molecule has 1 N–H and O–H groups in total. The Kier molecular flexibility index (Phi) is 8.07. The largest absolute Gasteiger partial charge is 0.353 e. The summed E-state index contributed by atoms with van der Waals surface area (Å²) in [5.41, 5.74) is 0.616. The fourth-order valence-corrected chi connectivity index (χ4v) is 4.11. The van der Waals surface area contributed by atoms with Crippen LogP contribution in [-0.4, -0.2) is 50.8 Å². The molecular weight excluding hydrogens is 372 g/mol.